The Hall–Kier alpha value is -1.69. The first kappa shape index (κ1) is 18.4. The van der Waals surface area contributed by atoms with Gasteiger partial charge in [0.2, 0.25) is 0 Å². The number of carbonyl (C=O) groups excluding carboxylic acids is 1. The van der Waals surface area contributed by atoms with Gasteiger partial charge in [0.15, 0.2) is 0 Å². The van der Waals surface area contributed by atoms with E-state index in [1.807, 2.05) is 34.6 Å². The lowest BCUT2D eigenvalue weighted by atomic mass is 10.1. The van der Waals surface area contributed by atoms with Crippen LogP contribution >= 0.6 is 0 Å². The van der Waals surface area contributed by atoms with Crippen LogP contribution in [0.25, 0.3) is 0 Å². The van der Waals surface area contributed by atoms with Crippen LogP contribution in [0, 0.1) is 5.82 Å². The van der Waals surface area contributed by atoms with Gasteiger partial charge in [0.1, 0.15) is 11.4 Å². The summed E-state index contributed by atoms with van der Waals surface area (Å²) in [5.41, 5.74) is 0.245. The molecular formula is C16H26FN3O2. The largest absolute Gasteiger partial charge is 0.444 e. The molecule has 0 spiro atoms. The molecule has 1 heterocycles. The standard InChI is InChI=1S/C16H26FN3O2/c1-6-13(20-15(21)22-16(3,4)5)10-18-11(2)14-8-7-12(17)9-19-14/h7-9,11,13,18H,6,10H2,1-5H3,(H,20,21). The summed E-state index contributed by atoms with van der Waals surface area (Å²) in [4.78, 5) is 15.8. The smallest absolute Gasteiger partial charge is 0.407 e. The minimum Gasteiger partial charge on any atom is -0.444 e. The molecule has 124 valence electrons. The summed E-state index contributed by atoms with van der Waals surface area (Å²) >= 11 is 0. The Labute approximate surface area is 131 Å². The predicted octanol–water partition coefficient (Wildman–Crippen LogP) is 3.17. The van der Waals surface area contributed by atoms with E-state index in [0.717, 1.165) is 12.1 Å². The molecule has 2 atom stereocenters. The maximum absolute atomic E-state index is 12.9. The number of nitrogens with one attached hydrogen (secondary N) is 2. The number of amides is 1. The predicted molar refractivity (Wildman–Crippen MR) is 84.1 cm³/mol. The molecule has 0 aliphatic heterocycles. The van der Waals surface area contributed by atoms with Gasteiger partial charge in [-0.2, -0.15) is 0 Å². The minimum atomic E-state index is -0.513. The molecule has 0 radical (unpaired) electrons. The van der Waals surface area contributed by atoms with Crippen LogP contribution in [0.1, 0.15) is 52.8 Å². The zero-order chi connectivity index (χ0) is 16.8. The van der Waals surface area contributed by atoms with E-state index in [1.165, 1.54) is 12.3 Å². The Balaban J connectivity index is 2.46. The van der Waals surface area contributed by atoms with Crippen molar-refractivity contribution >= 4 is 6.09 Å². The summed E-state index contributed by atoms with van der Waals surface area (Å²) in [6.07, 6.45) is 1.55. The van der Waals surface area contributed by atoms with E-state index in [-0.39, 0.29) is 17.9 Å². The highest BCUT2D eigenvalue weighted by atomic mass is 19.1. The molecule has 0 aliphatic carbocycles. The second kappa shape index (κ2) is 8.08. The maximum atomic E-state index is 12.9. The fourth-order valence-corrected chi connectivity index (χ4v) is 1.84. The van der Waals surface area contributed by atoms with Crippen LogP contribution in [0.4, 0.5) is 9.18 Å². The minimum absolute atomic E-state index is 0.0323. The monoisotopic (exact) mass is 311 g/mol. The third-order valence-corrected chi connectivity index (χ3v) is 3.08. The SMILES string of the molecule is CCC(CNC(C)c1ccc(F)cn1)NC(=O)OC(C)(C)C. The van der Waals surface area contributed by atoms with E-state index in [2.05, 4.69) is 15.6 Å². The van der Waals surface area contributed by atoms with Crippen molar-refractivity contribution in [2.24, 2.45) is 0 Å². The van der Waals surface area contributed by atoms with Crippen LogP contribution in [-0.2, 0) is 4.74 Å². The molecule has 0 saturated heterocycles. The number of carbonyl (C=O) groups is 1. The molecule has 22 heavy (non-hydrogen) atoms. The third kappa shape index (κ3) is 6.85. The van der Waals surface area contributed by atoms with Crippen molar-refractivity contribution < 1.29 is 13.9 Å². The molecule has 6 heteroatoms. The lowest BCUT2D eigenvalue weighted by Gasteiger charge is -2.24. The molecule has 1 aromatic rings. The highest BCUT2D eigenvalue weighted by Gasteiger charge is 2.19. The zero-order valence-corrected chi connectivity index (χ0v) is 13.9. The lowest BCUT2D eigenvalue weighted by Crippen LogP contribution is -2.44. The highest BCUT2D eigenvalue weighted by molar-refractivity contribution is 5.68. The Morgan fingerprint density at radius 2 is 2.09 bits per heavy atom. The van der Waals surface area contributed by atoms with Crippen LogP contribution in [0.2, 0.25) is 0 Å². The second-order valence-electron chi connectivity index (χ2n) is 6.28. The van der Waals surface area contributed by atoms with Crippen molar-refractivity contribution in [2.75, 3.05) is 6.54 Å². The van der Waals surface area contributed by atoms with Gasteiger partial charge in [-0.1, -0.05) is 6.92 Å². The van der Waals surface area contributed by atoms with Crippen LogP contribution < -0.4 is 10.6 Å². The summed E-state index contributed by atoms with van der Waals surface area (Å²) in [7, 11) is 0. The average molecular weight is 311 g/mol. The van der Waals surface area contributed by atoms with E-state index < -0.39 is 11.7 Å². The molecule has 2 N–H and O–H groups in total. The number of nitrogens with zero attached hydrogens (tertiary/aromatic N) is 1. The first-order valence-corrected chi connectivity index (χ1v) is 7.55. The topological polar surface area (TPSA) is 63.2 Å². The number of halogens is 1. The number of aromatic nitrogens is 1. The highest BCUT2D eigenvalue weighted by Crippen LogP contribution is 2.10. The van der Waals surface area contributed by atoms with Crippen LogP contribution in [0.15, 0.2) is 18.3 Å². The van der Waals surface area contributed by atoms with E-state index in [4.69, 9.17) is 4.74 Å². The van der Waals surface area contributed by atoms with Crippen molar-refractivity contribution in [3.63, 3.8) is 0 Å². The molecule has 5 nitrogen and oxygen atoms in total. The molecule has 0 aromatic carbocycles. The van der Waals surface area contributed by atoms with Crippen molar-refractivity contribution in [3.05, 3.63) is 29.8 Å². The number of alkyl carbamates (subject to hydrolysis) is 1. The van der Waals surface area contributed by atoms with E-state index in [0.29, 0.717) is 6.54 Å². The molecule has 1 rings (SSSR count). The Morgan fingerprint density at radius 1 is 1.41 bits per heavy atom. The normalized spacial score (nSPS) is 14.3. The number of ether oxygens (including phenoxy) is 1. The number of rotatable bonds is 6. The molecule has 0 bridgehead atoms. The number of pyridine rings is 1. The van der Waals surface area contributed by atoms with Gasteiger partial charge in [-0.15, -0.1) is 0 Å². The Bertz CT molecular complexity index is 471. The van der Waals surface area contributed by atoms with Gasteiger partial charge < -0.3 is 15.4 Å². The van der Waals surface area contributed by atoms with Gasteiger partial charge in [0.25, 0.3) is 0 Å². The third-order valence-electron chi connectivity index (χ3n) is 3.08. The Kier molecular flexibility index (Phi) is 6.74. The number of hydrogen-bond donors (Lipinski definition) is 2. The summed E-state index contributed by atoms with van der Waals surface area (Å²) in [5.74, 6) is -0.353. The molecule has 0 saturated carbocycles. The van der Waals surface area contributed by atoms with Crippen molar-refractivity contribution in [2.45, 2.75) is 58.7 Å². The fourth-order valence-electron chi connectivity index (χ4n) is 1.84. The average Bonchev–Trinajstić information content (AvgIpc) is 2.41. The maximum Gasteiger partial charge on any atom is 0.407 e. The molecule has 0 aliphatic rings. The zero-order valence-electron chi connectivity index (χ0n) is 13.9. The van der Waals surface area contributed by atoms with Crippen LogP contribution in [0.3, 0.4) is 0 Å². The van der Waals surface area contributed by atoms with E-state index in [9.17, 15) is 9.18 Å². The summed E-state index contributed by atoms with van der Waals surface area (Å²) < 4.78 is 18.1. The van der Waals surface area contributed by atoms with E-state index in [1.54, 1.807) is 6.07 Å². The first-order valence-electron chi connectivity index (χ1n) is 7.55. The lowest BCUT2D eigenvalue weighted by molar-refractivity contribution is 0.0502. The molecule has 2 unspecified atom stereocenters. The van der Waals surface area contributed by atoms with Gasteiger partial charge in [-0.25, -0.2) is 9.18 Å². The number of hydrogen-bond acceptors (Lipinski definition) is 4. The van der Waals surface area contributed by atoms with Crippen LogP contribution in [-0.4, -0.2) is 29.3 Å². The molecule has 1 amide bonds. The summed E-state index contributed by atoms with van der Waals surface area (Å²) in [6.45, 7) is 10.00. The fraction of sp³-hybridized carbons (Fsp3) is 0.625. The van der Waals surface area contributed by atoms with Gasteiger partial charge in [-0.3, -0.25) is 4.98 Å². The second-order valence-corrected chi connectivity index (χ2v) is 6.28. The summed E-state index contributed by atoms with van der Waals surface area (Å²) in [6, 6.07) is 2.96. The first-order chi connectivity index (χ1) is 10.2. The molecular weight excluding hydrogens is 285 g/mol. The van der Waals surface area contributed by atoms with Crippen molar-refractivity contribution in [1.82, 2.24) is 15.6 Å². The Morgan fingerprint density at radius 3 is 2.59 bits per heavy atom. The molecule has 1 aromatic heterocycles. The summed E-state index contributed by atoms with van der Waals surface area (Å²) in [5, 5.41) is 6.12. The van der Waals surface area contributed by atoms with Gasteiger partial charge >= 0.3 is 6.09 Å². The van der Waals surface area contributed by atoms with Crippen molar-refractivity contribution in [1.29, 1.82) is 0 Å². The van der Waals surface area contributed by atoms with E-state index >= 15 is 0 Å². The quantitative estimate of drug-likeness (QED) is 0.847. The molecule has 0 fully saturated rings. The van der Waals surface area contributed by atoms with Crippen LogP contribution in [0.5, 0.6) is 0 Å². The van der Waals surface area contributed by atoms with Gasteiger partial charge in [-0.05, 0) is 46.2 Å². The van der Waals surface area contributed by atoms with Gasteiger partial charge in [0, 0.05) is 18.6 Å². The van der Waals surface area contributed by atoms with Gasteiger partial charge in [0.05, 0.1) is 11.9 Å². The van der Waals surface area contributed by atoms with Crippen molar-refractivity contribution in [3.8, 4) is 0 Å².